The Labute approximate surface area is 103 Å². The normalized spacial score (nSPS) is 16.2. The molecule has 0 aromatic carbocycles. The van der Waals surface area contributed by atoms with Crippen molar-refractivity contribution in [3.63, 3.8) is 0 Å². The monoisotopic (exact) mass is 244 g/mol. The second kappa shape index (κ2) is 8.74. The number of likely N-dealkylation sites (tertiary alicyclic amines) is 1. The van der Waals surface area contributed by atoms with E-state index in [2.05, 4.69) is 11.6 Å². The lowest BCUT2D eigenvalue weighted by Gasteiger charge is -2.26. The molecule has 0 aliphatic carbocycles. The maximum atomic E-state index is 11.7. The summed E-state index contributed by atoms with van der Waals surface area (Å²) in [5, 5.41) is 3.01. The summed E-state index contributed by atoms with van der Waals surface area (Å²) in [5.41, 5.74) is 0. The number of urea groups is 1. The number of amides is 2. The van der Waals surface area contributed by atoms with E-state index in [9.17, 15) is 4.79 Å². The lowest BCUT2D eigenvalue weighted by atomic mass is 10.1. The fraction of sp³-hybridized carbons (Fsp3) is 0.917. The molecule has 4 heteroatoms. The number of carbonyl (C=O) groups excluding carboxylic acids is 1. The van der Waals surface area contributed by atoms with Crippen molar-refractivity contribution in [3.05, 3.63) is 0 Å². The molecule has 0 saturated carbocycles. The van der Waals surface area contributed by atoms with Crippen LogP contribution in [0.15, 0.2) is 0 Å². The summed E-state index contributed by atoms with van der Waals surface area (Å²) in [6, 6.07) is 0.143. The molecule has 16 heavy (non-hydrogen) atoms. The predicted molar refractivity (Wildman–Crippen MR) is 71.1 cm³/mol. The van der Waals surface area contributed by atoms with Gasteiger partial charge in [0.25, 0.3) is 0 Å². The minimum absolute atomic E-state index is 0.143. The van der Waals surface area contributed by atoms with Crippen molar-refractivity contribution < 1.29 is 4.79 Å². The topological polar surface area (TPSA) is 32.3 Å². The van der Waals surface area contributed by atoms with Gasteiger partial charge in [0.05, 0.1) is 0 Å². The first-order valence-electron chi connectivity index (χ1n) is 6.36. The molecule has 2 amide bonds. The molecule has 3 nitrogen and oxygen atoms in total. The number of hydrogen-bond donors (Lipinski definition) is 1. The van der Waals surface area contributed by atoms with Crippen molar-refractivity contribution in [1.29, 1.82) is 0 Å². The smallest absolute Gasteiger partial charge is 0.317 e. The molecule has 1 aliphatic heterocycles. The second-order valence-electron chi connectivity index (χ2n) is 4.33. The average Bonchev–Trinajstić information content (AvgIpc) is 2.34. The number of unbranched alkanes of at least 4 members (excludes halogenated alkanes) is 2. The minimum atomic E-state index is 0.143. The van der Waals surface area contributed by atoms with Crippen LogP contribution in [-0.4, -0.2) is 42.6 Å². The third kappa shape index (κ3) is 5.64. The zero-order valence-corrected chi connectivity index (χ0v) is 11.2. The van der Waals surface area contributed by atoms with Crippen LogP contribution in [0.2, 0.25) is 0 Å². The van der Waals surface area contributed by atoms with E-state index in [4.69, 9.17) is 0 Å². The highest BCUT2D eigenvalue weighted by atomic mass is 32.2. The number of piperidine rings is 1. The van der Waals surface area contributed by atoms with Gasteiger partial charge in [0, 0.05) is 19.6 Å². The van der Waals surface area contributed by atoms with Crippen molar-refractivity contribution >= 4 is 17.8 Å². The molecule has 1 heterocycles. The summed E-state index contributed by atoms with van der Waals surface area (Å²) < 4.78 is 0. The number of thioether (sulfide) groups is 1. The van der Waals surface area contributed by atoms with E-state index in [0.29, 0.717) is 0 Å². The molecule has 0 atom stereocenters. The van der Waals surface area contributed by atoms with Crippen LogP contribution in [0.25, 0.3) is 0 Å². The number of hydrogen-bond acceptors (Lipinski definition) is 2. The van der Waals surface area contributed by atoms with Gasteiger partial charge in [-0.3, -0.25) is 0 Å². The molecule has 94 valence electrons. The second-order valence-corrected chi connectivity index (χ2v) is 5.32. The Kier molecular flexibility index (Phi) is 7.47. The first-order valence-corrected chi connectivity index (χ1v) is 7.75. The summed E-state index contributed by atoms with van der Waals surface area (Å²) in [6.45, 7) is 2.72. The van der Waals surface area contributed by atoms with Crippen LogP contribution in [0.1, 0.15) is 38.5 Å². The molecule has 1 fully saturated rings. The van der Waals surface area contributed by atoms with Gasteiger partial charge in [-0.1, -0.05) is 6.42 Å². The van der Waals surface area contributed by atoms with E-state index in [1.54, 1.807) is 0 Å². The average molecular weight is 244 g/mol. The highest BCUT2D eigenvalue weighted by molar-refractivity contribution is 7.98. The number of carbonyl (C=O) groups is 1. The summed E-state index contributed by atoms with van der Waals surface area (Å²) in [5.74, 6) is 1.24. The van der Waals surface area contributed by atoms with E-state index in [1.807, 2.05) is 16.7 Å². The van der Waals surface area contributed by atoms with Crippen LogP contribution in [0.5, 0.6) is 0 Å². The van der Waals surface area contributed by atoms with Gasteiger partial charge in [0.15, 0.2) is 0 Å². The third-order valence-electron chi connectivity index (χ3n) is 2.94. The molecule has 0 unspecified atom stereocenters. The maximum absolute atomic E-state index is 11.7. The largest absolute Gasteiger partial charge is 0.338 e. The Balaban J connectivity index is 1.97. The lowest BCUT2D eigenvalue weighted by Crippen LogP contribution is -2.43. The molecule has 1 aliphatic rings. The molecular weight excluding hydrogens is 220 g/mol. The van der Waals surface area contributed by atoms with Gasteiger partial charge in [0.1, 0.15) is 0 Å². The summed E-state index contributed by atoms with van der Waals surface area (Å²) in [4.78, 5) is 13.6. The van der Waals surface area contributed by atoms with Crippen LogP contribution in [0.3, 0.4) is 0 Å². The van der Waals surface area contributed by atoms with Gasteiger partial charge in [-0.25, -0.2) is 4.79 Å². The third-order valence-corrected chi connectivity index (χ3v) is 3.64. The Hall–Kier alpha value is -0.380. The molecule has 0 radical (unpaired) electrons. The highest BCUT2D eigenvalue weighted by Gasteiger charge is 2.15. The summed E-state index contributed by atoms with van der Waals surface area (Å²) in [7, 11) is 0. The van der Waals surface area contributed by atoms with Gasteiger partial charge < -0.3 is 10.2 Å². The van der Waals surface area contributed by atoms with Crippen LogP contribution in [0.4, 0.5) is 4.79 Å². The zero-order valence-electron chi connectivity index (χ0n) is 10.3. The van der Waals surface area contributed by atoms with Gasteiger partial charge in [-0.15, -0.1) is 0 Å². The SMILES string of the molecule is CSCCCCCNC(=O)N1CCCCC1. The van der Waals surface area contributed by atoms with E-state index in [0.717, 1.165) is 26.1 Å². The van der Waals surface area contributed by atoms with E-state index >= 15 is 0 Å². The highest BCUT2D eigenvalue weighted by Crippen LogP contribution is 2.08. The maximum Gasteiger partial charge on any atom is 0.317 e. The fourth-order valence-corrected chi connectivity index (χ4v) is 2.45. The lowest BCUT2D eigenvalue weighted by molar-refractivity contribution is 0.186. The minimum Gasteiger partial charge on any atom is -0.338 e. The Morgan fingerprint density at radius 2 is 1.94 bits per heavy atom. The zero-order chi connectivity index (χ0) is 11.6. The standard InChI is InChI=1S/C12H24N2OS/c1-16-11-7-2-4-8-13-12(15)14-9-5-3-6-10-14/h2-11H2,1H3,(H,13,15). The molecule has 0 aromatic rings. The molecule has 1 N–H and O–H groups in total. The molecule has 0 bridgehead atoms. The summed E-state index contributed by atoms with van der Waals surface area (Å²) >= 11 is 1.89. The summed E-state index contributed by atoms with van der Waals surface area (Å²) in [6.07, 6.45) is 9.35. The van der Waals surface area contributed by atoms with Gasteiger partial charge in [-0.05, 0) is 44.1 Å². The Bertz CT molecular complexity index is 193. The Morgan fingerprint density at radius 3 is 2.62 bits per heavy atom. The van der Waals surface area contributed by atoms with Crippen LogP contribution in [0, 0.1) is 0 Å². The van der Waals surface area contributed by atoms with Crippen LogP contribution in [-0.2, 0) is 0 Å². The fourth-order valence-electron chi connectivity index (χ4n) is 1.95. The van der Waals surface area contributed by atoms with Gasteiger partial charge in [-0.2, -0.15) is 11.8 Å². The first kappa shape index (κ1) is 13.7. The number of nitrogens with zero attached hydrogens (tertiary/aromatic N) is 1. The number of nitrogens with one attached hydrogen (secondary N) is 1. The van der Waals surface area contributed by atoms with E-state index in [1.165, 1.54) is 37.9 Å². The molecular formula is C12H24N2OS. The van der Waals surface area contributed by atoms with Crippen LogP contribution < -0.4 is 5.32 Å². The number of rotatable bonds is 6. The molecule has 0 spiro atoms. The molecule has 1 saturated heterocycles. The first-order chi connectivity index (χ1) is 7.84. The molecule has 1 rings (SSSR count). The van der Waals surface area contributed by atoms with E-state index < -0.39 is 0 Å². The van der Waals surface area contributed by atoms with E-state index in [-0.39, 0.29) is 6.03 Å². The van der Waals surface area contributed by atoms with Crippen molar-refractivity contribution in [2.75, 3.05) is 31.6 Å². The van der Waals surface area contributed by atoms with Crippen molar-refractivity contribution in [2.45, 2.75) is 38.5 Å². The molecule has 0 aromatic heterocycles. The van der Waals surface area contributed by atoms with Crippen molar-refractivity contribution in [2.24, 2.45) is 0 Å². The van der Waals surface area contributed by atoms with Gasteiger partial charge >= 0.3 is 6.03 Å². The van der Waals surface area contributed by atoms with Gasteiger partial charge in [0.2, 0.25) is 0 Å². The quantitative estimate of drug-likeness (QED) is 0.729. The van der Waals surface area contributed by atoms with Crippen molar-refractivity contribution in [1.82, 2.24) is 10.2 Å². The predicted octanol–water partition coefficient (Wildman–Crippen LogP) is 2.72. The van der Waals surface area contributed by atoms with Crippen molar-refractivity contribution in [3.8, 4) is 0 Å². The Morgan fingerprint density at radius 1 is 1.19 bits per heavy atom. The van der Waals surface area contributed by atoms with Crippen LogP contribution >= 0.6 is 11.8 Å².